The average Bonchev–Trinajstić information content (AvgIpc) is 3.30. The maximum Gasteiger partial charge on any atom is 0.222 e. The van der Waals surface area contributed by atoms with Crippen LogP contribution in [0.5, 0.6) is 0 Å². The quantitative estimate of drug-likeness (QED) is 0.727. The van der Waals surface area contributed by atoms with Gasteiger partial charge in [-0.15, -0.1) is 0 Å². The monoisotopic (exact) mass is 356 g/mol. The van der Waals surface area contributed by atoms with E-state index >= 15 is 0 Å². The zero-order valence-corrected chi connectivity index (χ0v) is 16.0. The minimum absolute atomic E-state index is 0.321. The van der Waals surface area contributed by atoms with Gasteiger partial charge in [-0.05, 0) is 61.3 Å². The van der Waals surface area contributed by atoms with Gasteiger partial charge >= 0.3 is 0 Å². The normalized spacial score (nSPS) is 18.7. The predicted octanol–water partition coefficient (Wildman–Crippen LogP) is 4.54. The van der Waals surface area contributed by atoms with Gasteiger partial charge in [0.1, 0.15) is 0 Å². The van der Waals surface area contributed by atoms with Crippen molar-refractivity contribution in [2.24, 2.45) is 0 Å². The van der Waals surface area contributed by atoms with Crippen LogP contribution >= 0.6 is 11.3 Å². The standard InChI is InChI=1S/C21H28N2OS/c1-22(2)20(19-12-14-25-16-19)9-6-10-21(24)23-13-11-18(15-23)17-7-4-3-5-8-17/h3-5,7-8,12,14,16,18,20H,6,9-11,13,15H2,1-2H3/t18-,20-/m1/s1. The topological polar surface area (TPSA) is 23.6 Å². The third-order valence-electron chi connectivity index (χ3n) is 5.23. The van der Waals surface area contributed by atoms with Crippen LogP contribution in [0.4, 0.5) is 0 Å². The summed E-state index contributed by atoms with van der Waals surface area (Å²) in [5.41, 5.74) is 2.73. The molecule has 0 saturated carbocycles. The lowest BCUT2D eigenvalue weighted by atomic mass is 9.99. The molecule has 1 aromatic heterocycles. The Morgan fingerprint density at radius 1 is 1.28 bits per heavy atom. The SMILES string of the molecule is CN(C)[C@H](CCCC(=O)N1CC[C@@H](c2ccccc2)C1)c1ccsc1. The van der Waals surface area contributed by atoms with E-state index in [9.17, 15) is 4.79 Å². The number of amides is 1. The molecule has 3 nitrogen and oxygen atoms in total. The van der Waals surface area contributed by atoms with E-state index in [1.807, 2.05) is 0 Å². The molecule has 25 heavy (non-hydrogen) atoms. The van der Waals surface area contributed by atoms with Gasteiger partial charge in [-0.3, -0.25) is 4.79 Å². The number of nitrogens with zero attached hydrogens (tertiary/aromatic N) is 2. The summed E-state index contributed by atoms with van der Waals surface area (Å²) in [7, 11) is 4.24. The lowest BCUT2D eigenvalue weighted by Gasteiger charge is -2.24. The first-order valence-corrected chi connectivity index (χ1v) is 10.1. The summed E-state index contributed by atoms with van der Waals surface area (Å²) in [4.78, 5) is 16.9. The molecule has 1 aromatic carbocycles. The smallest absolute Gasteiger partial charge is 0.222 e. The Balaban J connectivity index is 1.47. The Labute approximate surface area is 155 Å². The second-order valence-corrected chi connectivity index (χ2v) is 7.94. The molecule has 2 heterocycles. The van der Waals surface area contributed by atoms with Crippen LogP contribution in [0.2, 0.25) is 0 Å². The molecule has 0 N–H and O–H groups in total. The lowest BCUT2D eigenvalue weighted by Crippen LogP contribution is -2.28. The molecule has 2 aromatic rings. The summed E-state index contributed by atoms with van der Waals surface area (Å²) < 4.78 is 0. The minimum atomic E-state index is 0.321. The predicted molar refractivity (Wildman–Crippen MR) is 105 cm³/mol. The van der Waals surface area contributed by atoms with E-state index in [0.717, 1.165) is 32.4 Å². The summed E-state index contributed by atoms with van der Waals surface area (Å²) in [5.74, 6) is 0.826. The molecule has 1 aliphatic heterocycles. The summed E-state index contributed by atoms with van der Waals surface area (Å²) in [6, 6.07) is 13.2. The van der Waals surface area contributed by atoms with Crippen molar-refractivity contribution in [1.82, 2.24) is 9.80 Å². The Kier molecular flexibility index (Phi) is 6.27. The van der Waals surface area contributed by atoms with E-state index in [-0.39, 0.29) is 0 Å². The molecule has 4 heteroatoms. The van der Waals surface area contributed by atoms with Gasteiger partial charge in [-0.1, -0.05) is 30.3 Å². The van der Waals surface area contributed by atoms with E-state index in [4.69, 9.17) is 0 Å². The van der Waals surface area contributed by atoms with Crippen LogP contribution in [0, 0.1) is 0 Å². The number of rotatable bonds is 7. The fraction of sp³-hybridized carbons (Fsp3) is 0.476. The molecule has 134 valence electrons. The van der Waals surface area contributed by atoms with Crippen LogP contribution in [0.25, 0.3) is 0 Å². The Bertz CT molecular complexity index is 654. The van der Waals surface area contributed by atoms with Crippen molar-refractivity contribution in [3.63, 3.8) is 0 Å². The molecular formula is C21H28N2OS. The Morgan fingerprint density at radius 2 is 2.08 bits per heavy atom. The van der Waals surface area contributed by atoms with Crippen molar-refractivity contribution in [3.8, 4) is 0 Å². The molecule has 1 saturated heterocycles. The summed E-state index contributed by atoms with van der Waals surface area (Å²) in [6.07, 6.45) is 3.73. The summed E-state index contributed by atoms with van der Waals surface area (Å²) in [6.45, 7) is 1.78. The van der Waals surface area contributed by atoms with Crippen LogP contribution in [0.3, 0.4) is 0 Å². The second-order valence-electron chi connectivity index (χ2n) is 7.16. The van der Waals surface area contributed by atoms with Crippen molar-refractivity contribution < 1.29 is 4.79 Å². The second kappa shape index (κ2) is 8.63. The molecule has 1 amide bonds. The van der Waals surface area contributed by atoms with Crippen LogP contribution in [-0.4, -0.2) is 42.9 Å². The fourth-order valence-corrected chi connectivity index (χ4v) is 4.48. The highest BCUT2D eigenvalue weighted by Gasteiger charge is 2.27. The van der Waals surface area contributed by atoms with Gasteiger partial charge in [0, 0.05) is 31.5 Å². The van der Waals surface area contributed by atoms with Gasteiger partial charge in [0.05, 0.1) is 0 Å². The number of thiophene rings is 1. The van der Waals surface area contributed by atoms with Crippen molar-refractivity contribution in [2.45, 2.75) is 37.6 Å². The van der Waals surface area contributed by atoms with E-state index < -0.39 is 0 Å². The zero-order chi connectivity index (χ0) is 17.6. The van der Waals surface area contributed by atoms with Crippen molar-refractivity contribution >= 4 is 17.2 Å². The van der Waals surface area contributed by atoms with Crippen molar-refractivity contribution in [3.05, 3.63) is 58.3 Å². The maximum absolute atomic E-state index is 12.6. The van der Waals surface area contributed by atoms with Crippen LogP contribution in [-0.2, 0) is 4.79 Å². The molecule has 3 rings (SSSR count). The third kappa shape index (κ3) is 4.71. The first-order chi connectivity index (χ1) is 12.1. The van der Waals surface area contributed by atoms with Crippen molar-refractivity contribution in [2.75, 3.05) is 27.2 Å². The third-order valence-corrected chi connectivity index (χ3v) is 5.93. The number of hydrogen-bond acceptors (Lipinski definition) is 3. The van der Waals surface area contributed by atoms with Gasteiger partial charge < -0.3 is 9.80 Å². The van der Waals surface area contributed by atoms with E-state index in [1.54, 1.807) is 11.3 Å². The van der Waals surface area contributed by atoms with Gasteiger partial charge in [0.25, 0.3) is 0 Å². The molecule has 1 fully saturated rings. The van der Waals surface area contributed by atoms with E-state index in [1.165, 1.54) is 11.1 Å². The van der Waals surface area contributed by atoms with Crippen LogP contribution in [0.1, 0.15) is 48.8 Å². The average molecular weight is 357 g/mol. The van der Waals surface area contributed by atoms with Gasteiger partial charge in [-0.25, -0.2) is 0 Å². The van der Waals surface area contributed by atoms with Gasteiger partial charge in [-0.2, -0.15) is 11.3 Å². The molecule has 0 radical (unpaired) electrons. The highest BCUT2D eigenvalue weighted by atomic mass is 32.1. The fourth-order valence-electron chi connectivity index (χ4n) is 3.78. The number of likely N-dealkylation sites (tertiary alicyclic amines) is 1. The molecule has 0 spiro atoms. The van der Waals surface area contributed by atoms with E-state index in [0.29, 0.717) is 24.3 Å². The summed E-state index contributed by atoms with van der Waals surface area (Å²) >= 11 is 1.74. The highest BCUT2D eigenvalue weighted by Crippen LogP contribution is 2.29. The summed E-state index contributed by atoms with van der Waals surface area (Å²) in [5, 5.41) is 4.35. The van der Waals surface area contributed by atoms with Crippen molar-refractivity contribution in [1.29, 1.82) is 0 Å². The molecule has 1 aliphatic rings. The number of benzene rings is 1. The lowest BCUT2D eigenvalue weighted by molar-refractivity contribution is -0.130. The molecule has 0 aliphatic carbocycles. The molecule has 2 atom stereocenters. The zero-order valence-electron chi connectivity index (χ0n) is 15.2. The van der Waals surface area contributed by atoms with Gasteiger partial charge in [0.15, 0.2) is 0 Å². The maximum atomic E-state index is 12.6. The first-order valence-electron chi connectivity index (χ1n) is 9.16. The highest BCUT2D eigenvalue weighted by molar-refractivity contribution is 7.07. The van der Waals surface area contributed by atoms with Gasteiger partial charge in [0.2, 0.25) is 5.91 Å². The molecule has 0 unspecified atom stereocenters. The minimum Gasteiger partial charge on any atom is -0.342 e. The first kappa shape index (κ1) is 18.2. The Hall–Kier alpha value is -1.65. The number of hydrogen-bond donors (Lipinski definition) is 0. The Morgan fingerprint density at radius 3 is 2.76 bits per heavy atom. The largest absolute Gasteiger partial charge is 0.342 e. The molecule has 0 bridgehead atoms. The van der Waals surface area contributed by atoms with Crippen LogP contribution in [0.15, 0.2) is 47.2 Å². The van der Waals surface area contributed by atoms with E-state index in [2.05, 4.69) is 71.1 Å². The van der Waals surface area contributed by atoms with Crippen LogP contribution < -0.4 is 0 Å². The number of carbonyl (C=O) groups is 1. The number of carbonyl (C=O) groups excluding carboxylic acids is 1. The molecular weight excluding hydrogens is 328 g/mol.